The van der Waals surface area contributed by atoms with Crippen molar-refractivity contribution in [2.75, 3.05) is 5.32 Å². The molecule has 1 aromatic carbocycles. The lowest BCUT2D eigenvalue weighted by molar-refractivity contribution is 0.765. The molecule has 0 aliphatic heterocycles. The first-order chi connectivity index (χ1) is 8.90. The van der Waals surface area contributed by atoms with Crippen molar-refractivity contribution in [2.45, 2.75) is 13.8 Å². The largest absolute Gasteiger partial charge is 0.389 e. The average Bonchev–Trinajstić information content (AvgIpc) is 2.59. The van der Waals surface area contributed by atoms with E-state index >= 15 is 0 Å². The van der Waals surface area contributed by atoms with Gasteiger partial charge in [-0.15, -0.1) is 0 Å². The lowest BCUT2D eigenvalue weighted by Crippen LogP contribution is -2.13. The molecular weight excluding hydrogens is 280 g/mol. The highest BCUT2D eigenvalue weighted by Crippen LogP contribution is 2.27. The van der Waals surface area contributed by atoms with E-state index in [2.05, 4.69) is 10.4 Å². The van der Waals surface area contributed by atoms with Gasteiger partial charge in [0.2, 0.25) is 0 Å². The molecule has 0 aliphatic rings. The molecule has 0 atom stereocenters. The summed E-state index contributed by atoms with van der Waals surface area (Å²) >= 11 is 11.1. The smallest absolute Gasteiger partial charge is 0.138 e. The summed E-state index contributed by atoms with van der Waals surface area (Å²) in [5, 5.41) is 8.31. The van der Waals surface area contributed by atoms with Crippen LogP contribution >= 0.6 is 23.8 Å². The number of aromatic nitrogens is 2. The summed E-state index contributed by atoms with van der Waals surface area (Å²) in [7, 11) is 1.84. The standard InChI is InChI=1S/C13H15ClN4S/c1-7-4-5-9(14)6-10(7)16-13-11(12(15)19)8(2)17-18(13)3/h4-6,16H,1-3H3,(H2,15,19). The molecule has 0 radical (unpaired) electrons. The SMILES string of the molecule is Cc1ccc(Cl)cc1Nc1c(C(N)=S)c(C)nn1C. The Balaban J connectivity index is 2.49. The summed E-state index contributed by atoms with van der Waals surface area (Å²) in [6.07, 6.45) is 0. The number of nitrogens with one attached hydrogen (secondary N) is 1. The molecule has 4 nitrogen and oxygen atoms in total. The second kappa shape index (κ2) is 5.19. The van der Waals surface area contributed by atoms with Crippen LogP contribution in [0.4, 0.5) is 11.5 Å². The van der Waals surface area contributed by atoms with Gasteiger partial charge in [-0.25, -0.2) is 0 Å². The first-order valence-corrected chi connectivity index (χ1v) is 6.55. The van der Waals surface area contributed by atoms with Crippen LogP contribution in [-0.2, 0) is 7.05 Å². The number of hydrogen-bond donors (Lipinski definition) is 2. The number of benzene rings is 1. The van der Waals surface area contributed by atoms with Gasteiger partial charge in [0.15, 0.2) is 0 Å². The van der Waals surface area contributed by atoms with Crippen LogP contribution in [0.25, 0.3) is 0 Å². The Morgan fingerprint density at radius 1 is 1.42 bits per heavy atom. The van der Waals surface area contributed by atoms with Gasteiger partial charge in [-0.1, -0.05) is 29.9 Å². The maximum atomic E-state index is 6.02. The van der Waals surface area contributed by atoms with Crippen LogP contribution in [0.1, 0.15) is 16.8 Å². The Labute approximate surface area is 122 Å². The van der Waals surface area contributed by atoms with Crippen molar-refractivity contribution in [1.29, 1.82) is 0 Å². The summed E-state index contributed by atoms with van der Waals surface area (Å²) in [5.41, 5.74) is 9.32. The molecule has 0 fully saturated rings. The van der Waals surface area contributed by atoms with Crippen LogP contribution in [0.2, 0.25) is 5.02 Å². The van der Waals surface area contributed by atoms with Gasteiger partial charge in [0, 0.05) is 17.8 Å². The molecule has 0 unspecified atom stereocenters. The van der Waals surface area contributed by atoms with Crippen molar-refractivity contribution in [1.82, 2.24) is 9.78 Å². The molecule has 19 heavy (non-hydrogen) atoms. The van der Waals surface area contributed by atoms with E-state index in [1.54, 1.807) is 4.68 Å². The molecular formula is C13H15ClN4S. The molecule has 1 heterocycles. The van der Waals surface area contributed by atoms with E-state index in [9.17, 15) is 0 Å². The number of thiocarbonyl (C=S) groups is 1. The van der Waals surface area contributed by atoms with Gasteiger partial charge < -0.3 is 11.1 Å². The second-order valence-corrected chi connectivity index (χ2v) is 5.26. The quantitative estimate of drug-likeness (QED) is 0.854. The molecule has 2 aromatic rings. The molecule has 0 amide bonds. The van der Waals surface area contributed by atoms with Crippen LogP contribution in [0.3, 0.4) is 0 Å². The predicted molar refractivity (Wildman–Crippen MR) is 83.3 cm³/mol. The van der Waals surface area contributed by atoms with Gasteiger partial charge in [-0.3, -0.25) is 4.68 Å². The van der Waals surface area contributed by atoms with E-state index in [0.29, 0.717) is 10.0 Å². The molecule has 0 spiro atoms. The van der Waals surface area contributed by atoms with Crippen molar-refractivity contribution in [3.05, 3.63) is 40.0 Å². The van der Waals surface area contributed by atoms with Crippen LogP contribution in [-0.4, -0.2) is 14.8 Å². The van der Waals surface area contributed by atoms with Crippen molar-refractivity contribution < 1.29 is 0 Å². The van der Waals surface area contributed by atoms with Gasteiger partial charge in [0.1, 0.15) is 10.8 Å². The number of halogens is 1. The van der Waals surface area contributed by atoms with E-state index < -0.39 is 0 Å². The average molecular weight is 295 g/mol. The maximum Gasteiger partial charge on any atom is 0.138 e. The van der Waals surface area contributed by atoms with Gasteiger partial charge in [-0.2, -0.15) is 5.10 Å². The monoisotopic (exact) mass is 294 g/mol. The minimum absolute atomic E-state index is 0.327. The number of nitrogens with two attached hydrogens (primary N) is 1. The van der Waals surface area contributed by atoms with Crippen molar-refractivity contribution >= 4 is 40.3 Å². The summed E-state index contributed by atoms with van der Waals surface area (Å²) in [6, 6.07) is 5.67. The van der Waals surface area contributed by atoms with Crippen LogP contribution in [0, 0.1) is 13.8 Å². The number of rotatable bonds is 3. The fourth-order valence-electron chi connectivity index (χ4n) is 1.95. The van der Waals surface area contributed by atoms with Crippen molar-refractivity contribution in [2.24, 2.45) is 12.8 Å². The third-order valence-corrected chi connectivity index (χ3v) is 3.36. The highest BCUT2D eigenvalue weighted by atomic mass is 35.5. The fourth-order valence-corrected chi connectivity index (χ4v) is 2.37. The summed E-state index contributed by atoms with van der Waals surface area (Å²) in [5.74, 6) is 0.773. The topological polar surface area (TPSA) is 55.9 Å². The van der Waals surface area contributed by atoms with E-state index in [-0.39, 0.29) is 0 Å². The molecule has 100 valence electrons. The summed E-state index contributed by atoms with van der Waals surface area (Å²) in [6.45, 7) is 3.88. The van der Waals surface area contributed by atoms with Crippen LogP contribution < -0.4 is 11.1 Å². The molecule has 0 saturated carbocycles. The first-order valence-electron chi connectivity index (χ1n) is 5.76. The Morgan fingerprint density at radius 2 is 2.11 bits per heavy atom. The first kappa shape index (κ1) is 13.8. The lowest BCUT2D eigenvalue weighted by Gasteiger charge is -2.12. The van der Waals surface area contributed by atoms with Crippen LogP contribution in [0.5, 0.6) is 0 Å². The molecule has 0 bridgehead atoms. The summed E-state index contributed by atoms with van der Waals surface area (Å²) < 4.78 is 1.73. The van der Waals surface area contributed by atoms with E-state index in [4.69, 9.17) is 29.6 Å². The van der Waals surface area contributed by atoms with Gasteiger partial charge in [0.05, 0.1) is 11.3 Å². The lowest BCUT2D eigenvalue weighted by atomic mass is 10.2. The maximum absolute atomic E-state index is 6.02. The van der Waals surface area contributed by atoms with Crippen molar-refractivity contribution in [3.8, 4) is 0 Å². The highest BCUT2D eigenvalue weighted by molar-refractivity contribution is 7.80. The Kier molecular flexibility index (Phi) is 3.78. The zero-order valence-corrected chi connectivity index (χ0v) is 12.6. The Hall–Kier alpha value is -1.59. The molecule has 0 aliphatic carbocycles. The predicted octanol–water partition coefficient (Wildman–Crippen LogP) is 3.07. The minimum atomic E-state index is 0.327. The number of hydrogen-bond acceptors (Lipinski definition) is 3. The van der Waals surface area contributed by atoms with Gasteiger partial charge in [-0.05, 0) is 31.5 Å². The zero-order valence-electron chi connectivity index (χ0n) is 11.0. The number of aryl methyl sites for hydroxylation is 3. The third-order valence-electron chi connectivity index (χ3n) is 2.92. The molecule has 0 saturated heterocycles. The molecule has 1 aromatic heterocycles. The summed E-state index contributed by atoms with van der Waals surface area (Å²) in [4.78, 5) is 0.327. The normalized spacial score (nSPS) is 10.5. The van der Waals surface area contributed by atoms with E-state index in [1.165, 1.54) is 0 Å². The van der Waals surface area contributed by atoms with Gasteiger partial charge >= 0.3 is 0 Å². The molecule has 6 heteroatoms. The Bertz CT molecular complexity index is 648. The second-order valence-electron chi connectivity index (χ2n) is 4.38. The number of anilines is 2. The molecule has 2 rings (SSSR count). The van der Waals surface area contributed by atoms with Crippen LogP contribution in [0.15, 0.2) is 18.2 Å². The fraction of sp³-hybridized carbons (Fsp3) is 0.231. The molecule has 3 N–H and O–H groups in total. The minimum Gasteiger partial charge on any atom is -0.389 e. The van der Waals surface area contributed by atoms with Gasteiger partial charge in [0.25, 0.3) is 0 Å². The third kappa shape index (κ3) is 2.72. The Morgan fingerprint density at radius 3 is 2.74 bits per heavy atom. The zero-order chi connectivity index (χ0) is 14.2. The van der Waals surface area contributed by atoms with E-state index in [0.717, 1.165) is 28.3 Å². The highest BCUT2D eigenvalue weighted by Gasteiger charge is 2.16. The van der Waals surface area contributed by atoms with Crippen molar-refractivity contribution in [3.63, 3.8) is 0 Å². The number of nitrogens with zero attached hydrogens (tertiary/aromatic N) is 2. The van der Waals surface area contributed by atoms with E-state index in [1.807, 2.05) is 39.1 Å².